The van der Waals surface area contributed by atoms with Crippen LogP contribution in [0.2, 0.25) is 0 Å². The third-order valence-electron chi connectivity index (χ3n) is 12.1. The van der Waals surface area contributed by atoms with Crippen molar-refractivity contribution < 1.29 is 0 Å². The van der Waals surface area contributed by atoms with Crippen molar-refractivity contribution in [3.63, 3.8) is 0 Å². The SMILES string of the molecule is c1ccc(-c2ccc(-n3c4ccccc4c4cc(-c5ccc6c(c5)c5ccccc5n6-c5ccc(-c6ccccc6)c6ccccc56)ccc43)c3ccccc23)cc1. The summed E-state index contributed by atoms with van der Waals surface area (Å²) in [5.41, 5.74) is 14.5. The van der Waals surface area contributed by atoms with Crippen LogP contribution in [0.1, 0.15) is 0 Å². The summed E-state index contributed by atoms with van der Waals surface area (Å²) in [4.78, 5) is 0. The molecule has 2 aromatic heterocycles. The van der Waals surface area contributed by atoms with Crippen LogP contribution < -0.4 is 0 Å². The van der Waals surface area contributed by atoms with Crippen LogP contribution in [0.3, 0.4) is 0 Å². The van der Waals surface area contributed by atoms with Gasteiger partial charge in [-0.2, -0.15) is 0 Å². The van der Waals surface area contributed by atoms with E-state index in [9.17, 15) is 0 Å². The zero-order valence-corrected chi connectivity index (χ0v) is 31.7. The van der Waals surface area contributed by atoms with E-state index < -0.39 is 0 Å². The standard InChI is InChI=1S/C56H36N2/c1-3-15-37(16-4-1)41-29-33-53(45-21-9-7-19-43(41)45)57-51-25-13-11-23-47(51)49-35-39(27-31-55(49)57)40-28-32-56-50(36-40)48-24-12-14-26-52(48)58(56)54-34-30-42(38-17-5-2-6-18-38)44-20-8-10-22-46(44)54/h1-36H. The number of aromatic nitrogens is 2. The number of fused-ring (bicyclic) bond motifs is 8. The average molecular weight is 737 g/mol. The fourth-order valence-electron chi connectivity index (χ4n) is 9.52. The molecule has 0 saturated carbocycles. The van der Waals surface area contributed by atoms with Crippen molar-refractivity contribution in [2.45, 2.75) is 0 Å². The van der Waals surface area contributed by atoms with Gasteiger partial charge in [0, 0.05) is 32.3 Å². The van der Waals surface area contributed by atoms with Crippen molar-refractivity contribution in [2.24, 2.45) is 0 Å². The fourth-order valence-corrected chi connectivity index (χ4v) is 9.52. The van der Waals surface area contributed by atoms with Crippen LogP contribution >= 0.6 is 0 Å². The van der Waals surface area contributed by atoms with Gasteiger partial charge in [-0.1, -0.05) is 170 Å². The van der Waals surface area contributed by atoms with E-state index in [-0.39, 0.29) is 0 Å². The molecule has 0 bridgehead atoms. The highest BCUT2D eigenvalue weighted by atomic mass is 15.0. The number of benzene rings is 10. The van der Waals surface area contributed by atoms with Crippen molar-refractivity contribution in [3.05, 3.63) is 218 Å². The highest BCUT2D eigenvalue weighted by Crippen LogP contribution is 2.42. The minimum atomic E-state index is 1.19. The Morgan fingerprint density at radius 1 is 0.207 bits per heavy atom. The largest absolute Gasteiger partial charge is 0.309 e. The van der Waals surface area contributed by atoms with E-state index in [1.165, 1.54) is 110 Å². The normalized spacial score (nSPS) is 11.8. The summed E-state index contributed by atoms with van der Waals surface area (Å²) >= 11 is 0. The van der Waals surface area contributed by atoms with Gasteiger partial charge in [0.15, 0.2) is 0 Å². The Labute approximate surface area is 336 Å². The Morgan fingerprint density at radius 2 is 0.552 bits per heavy atom. The molecule has 12 rings (SSSR count). The molecular weight excluding hydrogens is 701 g/mol. The van der Waals surface area contributed by atoms with E-state index in [0.29, 0.717) is 0 Å². The Balaban J connectivity index is 1.03. The maximum atomic E-state index is 2.45. The van der Waals surface area contributed by atoms with Crippen LogP contribution in [0, 0.1) is 0 Å². The van der Waals surface area contributed by atoms with Crippen molar-refractivity contribution in [2.75, 3.05) is 0 Å². The third kappa shape index (κ3) is 4.92. The lowest BCUT2D eigenvalue weighted by Gasteiger charge is -2.15. The van der Waals surface area contributed by atoms with Crippen molar-refractivity contribution >= 4 is 65.2 Å². The Hall–Kier alpha value is -7.68. The Kier molecular flexibility index (Phi) is 7.26. The van der Waals surface area contributed by atoms with Gasteiger partial charge in [0.1, 0.15) is 0 Å². The third-order valence-corrected chi connectivity index (χ3v) is 12.1. The number of para-hydroxylation sites is 2. The molecule has 0 aliphatic heterocycles. The lowest BCUT2D eigenvalue weighted by atomic mass is 9.97. The lowest BCUT2D eigenvalue weighted by molar-refractivity contribution is 1.20. The predicted molar refractivity (Wildman–Crippen MR) is 246 cm³/mol. The number of hydrogen-bond acceptors (Lipinski definition) is 0. The van der Waals surface area contributed by atoms with Crippen LogP contribution in [0.15, 0.2) is 218 Å². The fraction of sp³-hybridized carbons (Fsp3) is 0. The molecule has 0 aliphatic rings. The van der Waals surface area contributed by atoms with Gasteiger partial charge in [0.2, 0.25) is 0 Å². The summed E-state index contributed by atoms with van der Waals surface area (Å²) < 4.78 is 4.91. The second-order valence-electron chi connectivity index (χ2n) is 15.3. The van der Waals surface area contributed by atoms with Gasteiger partial charge >= 0.3 is 0 Å². The van der Waals surface area contributed by atoms with Gasteiger partial charge in [-0.15, -0.1) is 0 Å². The quantitative estimate of drug-likeness (QED) is 0.167. The second kappa shape index (κ2) is 12.9. The summed E-state index contributed by atoms with van der Waals surface area (Å²) in [7, 11) is 0. The second-order valence-corrected chi connectivity index (χ2v) is 15.3. The van der Waals surface area contributed by atoms with Crippen LogP contribution in [-0.2, 0) is 0 Å². The molecule has 0 saturated heterocycles. The van der Waals surface area contributed by atoms with E-state index in [0.717, 1.165) is 0 Å². The molecule has 2 heteroatoms. The van der Waals surface area contributed by atoms with Gasteiger partial charge < -0.3 is 9.13 Å². The van der Waals surface area contributed by atoms with E-state index >= 15 is 0 Å². The molecule has 0 fully saturated rings. The van der Waals surface area contributed by atoms with E-state index in [2.05, 4.69) is 228 Å². The molecule has 0 atom stereocenters. The average Bonchev–Trinajstić information content (AvgIpc) is 3.81. The first-order valence-corrected chi connectivity index (χ1v) is 20.0. The molecular formula is C56H36N2. The molecule has 0 unspecified atom stereocenters. The molecule has 10 aromatic carbocycles. The highest BCUT2D eigenvalue weighted by Gasteiger charge is 2.19. The summed E-state index contributed by atoms with van der Waals surface area (Å²) in [6, 6.07) is 79.9. The number of hydrogen-bond donors (Lipinski definition) is 0. The van der Waals surface area contributed by atoms with Crippen molar-refractivity contribution in [1.82, 2.24) is 9.13 Å². The summed E-state index contributed by atoms with van der Waals surface area (Å²) in [6.07, 6.45) is 0. The molecule has 12 aromatic rings. The number of nitrogens with zero attached hydrogens (tertiary/aromatic N) is 2. The molecule has 270 valence electrons. The minimum absolute atomic E-state index is 1.19. The van der Waals surface area contributed by atoms with Crippen molar-refractivity contribution in [3.8, 4) is 44.8 Å². The molecule has 2 heterocycles. The maximum Gasteiger partial charge on any atom is 0.0541 e. The zero-order valence-electron chi connectivity index (χ0n) is 31.7. The summed E-state index contributed by atoms with van der Waals surface area (Å²) in [5, 5.41) is 9.97. The molecule has 0 amide bonds. The van der Waals surface area contributed by atoms with E-state index in [1.807, 2.05) is 0 Å². The van der Waals surface area contributed by atoms with Crippen molar-refractivity contribution in [1.29, 1.82) is 0 Å². The highest BCUT2D eigenvalue weighted by molar-refractivity contribution is 6.15. The first-order chi connectivity index (χ1) is 28.8. The minimum Gasteiger partial charge on any atom is -0.309 e. The molecule has 0 aliphatic carbocycles. The van der Waals surface area contributed by atoms with Gasteiger partial charge in [0.25, 0.3) is 0 Å². The maximum absolute atomic E-state index is 2.45. The first kappa shape index (κ1) is 32.6. The van der Waals surface area contributed by atoms with Crippen LogP contribution in [-0.4, -0.2) is 9.13 Å². The first-order valence-electron chi connectivity index (χ1n) is 20.0. The molecule has 58 heavy (non-hydrogen) atoms. The lowest BCUT2D eigenvalue weighted by Crippen LogP contribution is -1.96. The van der Waals surface area contributed by atoms with E-state index in [4.69, 9.17) is 0 Å². The van der Waals surface area contributed by atoms with Gasteiger partial charge in [-0.25, -0.2) is 0 Å². The molecule has 0 N–H and O–H groups in total. The van der Waals surface area contributed by atoms with Crippen LogP contribution in [0.4, 0.5) is 0 Å². The van der Waals surface area contributed by atoms with Crippen LogP contribution in [0.25, 0.3) is 110 Å². The van der Waals surface area contributed by atoms with Gasteiger partial charge in [-0.3, -0.25) is 0 Å². The smallest absolute Gasteiger partial charge is 0.0541 e. The monoisotopic (exact) mass is 736 g/mol. The topological polar surface area (TPSA) is 9.86 Å². The molecule has 0 spiro atoms. The van der Waals surface area contributed by atoms with E-state index in [1.54, 1.807) is 0 Å². The summed E-state index contributed by atoms with van der Waals surface area (Å²) in [5.74, 6) is 0. The zero-order chi connectivity index (χ0) is 38.2. The summed E-state index contributed by atoms with van der Waals surface area (Å²) in [6.45, 7) is 0. The van der Waals surface area contributed by atoms with Gasteiger partial charge in [-0.05, 0) is 92.7 Å². The Morgan fingerprint density at radius 3 is 0.983 bits per heavy atom. The van der Waals surface area contributed by atoms with Crippen LogP contribution in [0.5, 0.6) is 0 Å². The number of rotatable bonds is 5. The Bertz CT molecular complexity index is 3310. The predicted octanol–water partition coefficient (Wildman–Crippen LogP) is 15.2. The molecule has 2 nitrogen and oxygen atoms in total. The van der Waals surface area contributed by atoms with Gasteiger partial charge in [0.05, 0.1) is 33.4 Å². The molecule has 0 radical (unpaired) electrons.